The van der Waals surface area contributed by atoms with E-state index in [0.29, 0.717) is 6.42 Å². The van der Waals surface area contributed by atoms with Gasteiger partial charge in [-0.3, -0.25) is 18.6 Å². The van der Waals surface area contributed by atoms with Crippen LogP contribution in [0.3, 0.4) is 0 Å². The number of rotatable bonds is 36. The van der Waals surface area contributed by atoms with Gasteiger partial charge in [-0.1, -0.05) is 162 Å². The Morgan fingerprint density at radius 2 is 0.978 bits per heavy atom. The summed E-state index contributed by atoms with van der Waals surface area (Å²) in [5.41, 5.74) is 0. The van der Waals surface area contributed by atoms with Crippen molar-refractivity contribution < 1.29 is 37.9 Å². The van der Waals surface area contributed by atoms with E-state index in [2.05, 4.69) is 19.2 Å². The largest absolute Gasteiger partial charge is 0.472 e. The molecule has 0 aromatic carbocycles. The maximum Gasteiger partial charge on any atom is 0.472 e. The van der Waals surface area contributed by atoms with E-state index in [1.54, 1.807) is 0 Å². The highest BCUT2D eigenvalue weighted by Gasteiger charge is 2.23. The first-order chi connectivity index (χ1) is 22.3. The van der Waals surface area contributed by atoms with E-state index < -0.39 is 26.5 Å². The van der Waals surface area contributed by atoms with Gasteiger partial charge in [0.25, 0.3) is 0 Å². The first kappa shape index (κ1) is 45.0. The van der Waals surface area contributed by atoms with Crippen molar-refractivity contribution in [1.82, 2.24) is 5.32 Å². The molecule has 0 saturated carbocycles. The van der Waals surface area contributed by atoms with Gasteiger partial charge in [0, 0.05) is 19.4 Å². The average Bonchev–Trinajstić information content (AvgIpc) is 3.04. The lowest BCUT2D eigenvalue weighted by Gasteiger charge is -2.15. The lowest BCUT2D eigenvalue weighted by molar-refractivity contribution is -0.147. The molecule has 0 aliphatic heterocycles. The molecule has 0 aliphatic rings. The van der Waals surface area contributed by atoms with Gasteiger partial charge < -0.3 is 20.1 Å². The first-order valence-corrected chi connectivity index (χ1v) is 20.5. The third kappa shape index (κ3) is 34.3. The van der Waals surface area contributed by atoms with Crippen LogP contribution in [0.15, 0.2) is 0 Å². The van der Waals surface area contributed by atoms with Crippen molar-refractivity contribution in [2.75, 3.05) is 26.4 Å². The van der Waals surface area contributed by atoms with Crippen LogP contribution < -0.4 is 5.32 Å². The van der Waals surface area contributed by atoms with Gasteiger partial charge in [0.15, 0.2) is 0 Å². The van der Waals surface area contributed by atoms with Crippen molar-refractivity contribution >= 4 is 19.7 Å². The summed E-state index contributed by atoms with van der Waals surface area (Å²) in [5, 5.41) is 12.6. The molecule has 0 aromatic rings. The third-order valence-corrected chi connectivity index (χ3v) is 9.27. The predicted molar refractivity (Wildman–Crippen MR) is 188 cm³/mol. The fraction of sp³-hybridized carbons (Fsp3) is 0.944. The van der Waals surface area contributed by atoms with Gasteiger partial charge in [-0.05, 0) is 12.8 Å². The van der Waals surface area contributed by atoms with E-state index in [9.17, 15) is 24.2 Å². The quantitative estimate of drug-likeness (QED) is 0.0339. The molecule has 46 heavy (non-hydrogen) atoms. The Kier molecular flexibility index (Phi) is 33.2. The summed E-state index contributed by atoms with van der Waals surface area (Å²) in [6, 6.07) is 0. The minimum Gasteiger partial charge on any atom is -0.463 e. The number of aliphatic hydroxyl groups is 1. The molecule has 0 spiro atoms. The molecular weight excluding hydrogens is 605 g/mol. The molecule has 0 bridgehead atoms. The van der Waals surface area contributed by atoms with Crippen LogP contribution in [0, 0.1) is 0 Å². The smallest absolute Gasteiger partial charge is 0.463 e. The van der Waals surface area contributed by atoms with E-state index in [0.717, 1.165) is 38.5 Å². The second-order valence-corrected chi connectivity index (χ2v) is 14.4. The highest BCUT2D eigenvalue weighted by molar-refractivity contribution is 7.47. The summed E-state index contributed by atoms with van der Waals surface area (Å²) < 4.78 is 26.7. The fourth-order valence-electron chi connectivity index (χ4n) is 5.38. The van der Waals surface area contributed by atoms with E-state index >= 15 is 0 Å². The number of carbonyl (C=O) groups excluding carboxylic acids is 2. The van der Waals surface area contributed by atoms with Crippen LogP contribution in [0.2, 0.25) is 0 Å². The number of ether oxygens (including phenoxy) is 1. The van der Waals surface area contributed by atoms with Gasteiger partial charge in [0.2, 0.25) is 5.91 Å². The summed E-state index contributed by atoms with van der Waals surface area (Å²) in [6.45, 7) is 3.56. The number of nitrogens with one attached hydrogen (secondary N) is 1. The highest BCUT2D eigenvalue weighted by atomic mass is 31.2. The molecule has 274 valence electrons. The molecule has 0 aromatic heterocycles. The van der Waals surface area contributed by atoms with E-state index in [1.165, 1.54) is 122 Å². The number of phosphoric ester groups is 1. The Hall–Kier alpha value is -0.990. The average molecular weight is 678 g/mol. The SMILES string of the molecule is CCCCCCCCCCCCCCCC(=O)OCC(O)COP(=O)(O)OCCNC(=O)CCCCCCCCCCCCCC. The van der Waals surface area contributed by atoms with Gasteiger partial charge in [0.05, 0.1) is 13.2 Å². The summed E-state index contributed by atoms with van der Waals surface area (Å²) in [7, 11) is -4.40. The zero-order valence-corrected chi connectivity index (χ0v) is 30.7. The van der Waals surface area contributed by atoms with Crippen molar-refractivity contribution in [1.29, 1.82) is 0 Å². The lowest BCUT2D eigenvalue weighted by atomic mass is 10.0. The maximum absolute atomic E-state index is 12.0. The summed E-state index contributed by atoms with van der Waals surface area (Å²) in [5.74, 6) is -0.509. The molecule has 0 saturated heterocycles. The monoisotopic (exact) mass is 677 g/mol. The van der Waals surface area contributed by atoms with Crippen LogP contribution in [0.4, 0.5) is 0 Å². The number of amides is 1. The van der Waals surface area contributed by atoms with Gasteiger partial charge in [0.1, 0.15) is 12.7 Å². The van der Waals surface area contributed by atoms with Crippen LogP contribution in [-0.2, 0) is 27.9 Å². The number of phosphoric acid groups is 1. The number of carbonyl (C=O) groups is 2. The standard InChI is InChI=1S/C36H72NO8P/c1-3-5-7-9-11-13-15-17-19-21-23-25-27-29-36(40)43-32-34(38)33-45-46(41,42)44-31-30-37-35(39)28-26-24-22-20-18-16-14-12-10-8-6-4-2/h34,38H,3-33H2,1-2H3,(H,37,39)(H,41,42). The van der Waals surface area contributed by atoms with Crippen molar-refractivity contribution in [2.24, 2.45) is 0 Å². The van der Waals surface area contributed by atoms with E-state index in [-0.39, 0.29) is 32.1 Å². The van der Waals surface area contributed by atoms with Gasteiger partial charge >= 0.3 is 13.8 Å². The van der Waals surface area contributed by atoms with Crippen LogP contribution in [-0.4, -0.2) is 54.3 Å². The Labute approximate surface area is 282 Å². The Morgan fingerprint density at radius 1 is 0.587 bits per heavy atom. The Balaban J connectivity index is 3.60. The number of hydrogen-bond donors (Lipinski definition) is 3. The van der Waals surface area contributed by atoms with Crippen molar-refractivity contribution in [3.8, 4) is 0 Å². The number of aliphatic hydroxyl groups excluding tert-OH is 1. The minimum absolute atomic E-state index is 0.0877. The zero-order chi connectivity index (χ0) is 34.0. The van der Waals surface area contributed by atoms with E-state index in [1.807, 2.05) is 0 Å². The lowest BCUT2D eigenvalue weighted by Crippen LogP contribution is -2.27. The third-order valence-electron chi connectivity index (χ3n) is 8.29. The van der Waals surface area contributed by atoms with Crippen LogP contribution in [0.1, 0.15) is 187 Å². The molecule has 2 unspecified atom stereocenters. The second-order valence-electron chi connectivity index (χ2n) is 12.9. The Morgan fingerprint density at radius 3 is 1.41 bits per heavy atom. The molecule has 2 atom stereocenters. The molecule has 0 aliphatic carbocycles. The number of unbranched alkanes of at least 4 members (excludes halogenated alkanes) is 23. The zero-order valence-electron chi connectivity index (χ0n) is 29.8. The first-order valence-electron chi connectivity index (χ1n) is 19.0. The topological polar surface area (TPSA) is 131 Å². The fourth-order valence-corrected chi connectivity index (χ4v) is 6.14. The molecule has 9 nitrogen and oxygen atoms in total. The molecule has 3 N–H and O–H groups in total. The second kappa shape index (κ2) is 33.9. The number of esters is 1. The maximum atomic E-state index is 12.0. The van der Waals surface area contributed by atoms with E-state index in [4.69, 9.17) is 13.8 Å². The van der Waals surface area contributed by atoms with Gasteiger partial charge in [-0.15, -0.1) is 0 Å². The molecular formula is C36H72NO8P. The van der Waals surface area contributed by atoms with Gasteiger partial charge in [-0.25, -0.2) is 4.57 Å². The minimum atomic E-state index is -4.40. The van der Waals surface area contributed by atoms with Gasteiger partial charge in [-0.2, -0.15) is 0 Å². The molecule has 0 heterocycles. The highest BCUT2D eigenvalue weighted by Crippen LogP contribution is 2.42. The predicted octanol–water partition coefficient (Wildman–Crippen LogP) is 9.71. The van der Waals surface area contributed by atoms with Crippen molar-refractivity contribution in [3.63, 3.8) is 0 Å². The summed E-state index contributed by atoms with van der Waals surface area (Å²) >= 11 is 0. The molecule has 0 rings (SSSR count). The van der Waals surface area contributed by atoms with Crippen LogP contribution in [0.5, 0.6) is 0 Å². The van der Waals surface area contributed by atoms with Crippen molar-refractivity contribution in [2.45, 2.75) is 193 Å². The van der Waals surface area contributed by atoms with Crippen LogP contribution in [0.25, 0.3) is 0 Å². The summed E-state index contributed by atoms with van der Waals surface area (Å²) in [6.07, 6.45) is 30.3. The molecule has 1 amide bonds. The molecule has 10 heteroatoms. The van der Waals surface area contributed by atoms with Crippen molar-refractivity contribution in [3.05, 3.63) is 0 Å². The molecule has 0 fully saturated rings. The normalized spacial score (nSPS) is 13.4. The molecule has 0 radical (unpaired) electrons. The summed E-state index contributed by atoms with van der Waals surface area (Å²) in [4.78, 5) is 33.7. The number of hydrogen-bond acceptors (Lipinski definition) is 7. The Bertz CT molecular complexity index is 739. The van der Waals surface area contributed by atoms with Crippen LogP contribution >= 0.6 is 7.82 Å².